The van der Waals surface area contributed by atoms with Crippen molar-refractivity contribution in [1.29, 1.82) is 0 Å². The van der Waals surface area contributed by atoms with Crippen molar-refractivity contribution in [3.8, 4) is 11.1 Å². The van der Waals surface area contributed by atoms with Gasteiger partial charge in [-0.15, -0.1) is 11.3 Å². The fourth-order valence-electron chi connectivity index (χ4n) is 3.08. The first kappa shape index (κ1) is 16.9. The molecule has 0 bridgehead atoms. The van der Waals surface area contributed by atoms with Crippen LogP contribution in [-0.2, 0) is 16.0 Å². The number of hydrogen-bond donors (Lipinski definition) is 2. The van der Waals surface area contributed by atoms with Gasteiger partial charge in [-0.3, -0.25) is 4.79 Å². The van der Waals surface area contributed by atoms with Gasteiger partial charge in [-0.25, -0.2) is 0 Å². The van der Waals surface area contributed by atoms with Crippen LogP contribution in [0.15, 0.2) is 41.8 Å². The summed E-state index contributed by atoms with van der Waals surface area (Å²) in [5.74, 6) is 0.378. The molecule has 1 aromatic heterocycles. The van der Waals surface area contributed by atoms with Crippen LogP contribution in [0.25, 0.3) is 11.1 Å². The summed E-state index contributed by atoms with van der Waals surface area (Å²) >= 11 is 1.78. The van der Waals surface area contributed by atoms with E-state index in [0.29, 0.717) is 5.92 Å². The minimum Gasteiger partial charge on any atom is -0.346 e. The molecular weight excluding hydrogens is 320 g/mol. The Morgan fingerprint density at radius 1 is 1.38 bits per heavy atom. The van der Waals surface area contributed by atoms with Crippen molar-refractivity contribution < 1.29 is 9.59 Å². The predicted octanol–water partition coefficient (Wildman–Crippen LogP) is 2.64. The van der Waals surface area contributed by atoms with Gasteiger partial charge in [-0.1, -0.05) is 30.3 Å². The number of rotatable bonds is 6. The maximum absolute atomic E-state index is 12.1. The largest absolute Gasteiger partial charge is 0.346 e. The van der Waals surface area contributed by atoms with Gasteiger partial charge in [0, 0.05) is 4.88 Å². The lowest BCUT2D eigenvalue weighted by molar-refractivity contribution is -0.125. The molecular formula is C19H22N2O2S. The van der Waals surface area contributed by atoms with Gasteiger partial charge < -0.3 is 15.4 Å². The molecule has 0 saturated carbocycles. The van der Waals surface area contributed by atoms with Crippen molar-refractivity contribution in [2.75, 3.05) is 6.54 Å². The van der Waals surface area contributed by atoms with Gasteiger partial charge in [0.25, 0.3) is 0 Å². The first-order valence-electron chi connectivity index (χ1n) is 8.27. The van der Waals surface area contributed by atoms with Crippen molar-refractivity contribution in [3.63, 3.8) is 0 Å². The second-order valence-corrected chi connectivity index (χ2v) is 7.36. The second kappa shape index (κ2) is 7.73. The third kappa shape index (κ3) is 4.10. The van der Waals surface area contributed by atoms with Gasteiger partial charge in [0.15, 0.2) is 0 Å². The van der Waals surface area contributed by atoms with Crippen molar-refractivity contribution in [2.24, 2.45) is 5.92 Å². The summed E-state index contributed by atoms with van der Waals surface area (Å²) in [5, 5.41) is 8.18. The van der Waals surface area contributed by atoms with Crippen LogP contribution in [0.4, 0.5) is 0 Å². The van der Waals surface area contributed by atoms with Crippen molar-refractivity contribution in [2.45, 2.75) is 31.8 Å². The number of carbonyl (C=O) groups is 2. The molecule has 1 saturated heterocycles. The van der Waals surface area contributed by atoms with E-state index in [2.05, 4.69) is 46.3 Å². The molecule has 2 aromatic rings. The average Bonchev–Trinajstić information content (AvgIpc) is 3.25. The summed E-state index contributed by atoms with van der Waals surface area (Å²) in [7, 11) is 0. The van der Waals surface area contributed by atoms with Crippen LogP contribution in [0.3, 0.4) is 0 Å². The zero-order valence-corrected chi connectivity index (χ0v) is 14.5. The minimum atomic E-state index is -0.427. The molecule has 126 valence electrons. The number of nitrogens with one attached hydrogen (secondary N) is 2. The maximum atomic E-state index is 12.1. The third-order valence-corrected chi connectivity index (χ3v) is 5.32. The summed E-state index contributed by atoms with van der Waals surface area (Å²) in [6.45, 7) is 2.53. The average molecular weight is 342 g/mol. The highest BCUT2D eigenvalue weighted by Crippen LogP contribution is 2.29. The number of amides is 1. The number of aldehydes is 1. The molecule has 2 N–H and O–H groups in total. The minimum absolute atomic E-state index is 0.0757. The number of hydrogen-bond acceptors (Lipinski definition) is 4. The molecule has 1 amide bonds. The zero-order chi connectivity index (χ0) is 16.9. The highest BCUT2D eigenvalue weighted by Gasteiger charge is 2.30. The molecule has 4 nitrogen and oxygen atoms in total. The van der Waals surface area contributed by atoms with Crippen LogP contribution in [-0.4, -0.2) is 30.8 Å². The molecule has 3 rings (SSSR count). The fraction of sp³-hybridized carbons (Fsp3) is 0.368. The highest BCUT2D eigenvalue weighted by atomic mass is 32.1. The Kier molecular flexibility index (Phi) is 5.43. The van der Waals surface area contributed by atoms with E-state index in [1.54, 1.807) is 18.3 Å². The van der Waals surface area contributed by atoms with E-state index < -0.39 is 6.04 Å². The monoisotopic (exact) mass is 342 g/mol. The van der Waals surface area contributed by atoms with E-state index in [1.807, 2.05) is 6.07 Å². The Labute approximate surface area is 146 Å². The fourth-order valence-corrected chi connectivity index (χ4v) is 4.09. The lowest BCUT2D eigenvalue weighted by atomic mass is 9.99. The molecule has 0 radical (unpaired) electrons. The molecule has 24 heavy (non-hydrogen) atoms. The molecule has 1 aliphatic heterocycles. The van der Waals surface area contributed by atoms with Crippen molar-refractivity contribution in [3.05, 3.63) is 46.7 Å². The zero-order valence-electron chi connectivity index (χ0n) is 13.7. The van der Waals surface area contributed by atoms with E-state index in [1.165, 1.54) is 16.0 Å². The molecule has 1 aliphatic rings. The topological polar surface area (TPSA) is 58.2 Å². The SMILES string of the molecule is C[C@@H](C=O)NC(=O)[C@H]1C[C@H](Cc2cc(-c3ccccc3)cs2)CN1. The summed E-state index contributed by atoms with van der Waals surface area (Å²) in [4.78, 5) is 24.1. The summed E-state index contributed by atoms with van der Waals surface area (Å²) in [5.41, 5.74) is 2.50. The Balaban J connectivity index is 1.55. The van der Waals surface area contributed by atoms with Crippen LogP contribution in [0.5, 0.6) is 0 Å². The Morgan fingerprint density at radius 3 is 2.92 bits per heavy atom. The van der Waals surface area contributed by atoms with E-state index >= 15 is 0 Å². The van der Waals surface area contributed by atoms with Crippen LogP contribution in [0, 0.1) is 5.92 Å². The Morgan fingerprint density at radius 2 is 2.17 bits per heavy atom. The third-order valence-electron chi connectivity index (χ3n) is 4.36. The van der Waals surface area contributed by atoms with Gasteiger partial charge >= 0.3 is 0 Å². The second-order valence-electron chi connectivity index (χ2n) is 6.37. The van der Waals surface area contributed by atoms with E-state index in [9.17, 15) is 9.59 Å². The first-order valence-corrected chi connectivity index (χ1v) is 9.15. The molecule has 1 aromatic carbocycles. The molecule has 2 heterocycles. The number of carbonyl (C=O) groups excluding carboxylic acids is 2. The van der Waals surface area contributed by atoms with Crippen LogP contribution in [0.2, 0.25) is 0 Å². The quantitative estimate of drug-likeness (QED) is 0.794. The Hall–Kier alpha value is -1.98. The summed E-state index contributed by atoms with van der Waals surface area (Å²) in [6, 6.07) is 12.0. The Bertz CT molecular complexity index is 698. The van der Waals surface area contributed by atoms with Gasteiger partial charge in [-0.2, -0.15) is 0 Å². The van der Waals surface area contributed by atoms with Gasteiger partial charge in [0.1, 0.15) is 6.29 Å². The molecule has 3 atom stereocenters. The van der Waals surface area contributed by atoms with Gasteiger partial charge in [0.05, 0.1) is 12.1 Å². The lowest BCUT2D eigenvalue weighted by Crippen LogP contribution is -2.44. The van der Waals surface area contributed by atoms with E-state index in [4.69, 9.17) is 0 Å². The number of benzene rings is 1. The van der Waals surface area contributed by atoms with Crippen molar-refractivity contribution in [1.82, 2.24) is 10.6 Å². The summed E-state index contributed by atoms with van der Waals surface area (Å²) in [6.07, 6.45) is 2.55. The number of thiophene rings is 1. The first-order chi connectivity index (χ1) is 11.7. The highest BCUT2D eigenvalue weighted by molar-refractivity contribution is 7.10. The van der Waals surface area contributed by atoms with E-state index in [0.717, 1.165) is 25.7 Å². The van der Waals surface area contributed by atoms with Crippen LogP contribution in [0.1, 0.15) is 18.2 Å². The molecule has 0 spiro atoms. The molecule has 0 aliphatic carbocycles. The van der Waals surface area contributed by atoms with Crippen LogP contribution < -0.4 is 10.6 Å². The summed E-state index contributed by atoms with van der Waals surface area (Å²) < 4.78 is 0. The van der Waals surface area contributed by atoms with Gasteiger partial charge in [-0.05, 0) is 54.8 Å². The molecule has 5 heteroatoms. The standard InChI is InChI=1S/C19H22N2O2S/c1-13(11-22)21-19(23)18-8-14(10-20-18)7-17-9-16(12-24-17)15-5-3-2-4-6-15/h2-6,9,11-14,18,20H,7-8,10H2,1H3,(H,21,23)/t13-,14-,18+/m0/s1. The maximum Gasteiger partial charge on any atom is 0.237 e. The van der Waals surface area contributed by atoms with Crippen molar-refractivity contribution >= 4 is 23.5 Å². The smallest absolute Gasteiger partial charge is 0.237 e. The van der Waals surface area contributed by atoms with Gasteiger partial charge in [0.2, 0.25) is 5.91 Å². The predicted molar refractivity (Wildman–Crippen MR) is 97.0 cm³/mol. The molecule has 1 fully saturated rings. The lowest BCUT2D eigenvalue weighted by Gasteiger charge is -2.13. The normalized spacial score (nSPS) is 21.4. The van der Waals surface area contributed by atoms with Crippen LogP contribution >= 0.6 is 11.3 Å². The molecule has 0 unspecified atom stereocenters. The van der Waals surface area contributed by atoms with E-state index in [-0.39, 0.29) is 11.9 Å².